The number of amides is 1. The van der Waals surface area contributed by atoms with Gasteiger partial charge in [-0.25, -0.2) is 0 Å². The highest BCUT2D eigenvalue weighted by atomic mass is 16.3. The molecule has 0 radical (unpaired) electrons. The second-order valence-corrected chi connectivity index (χ2v) is 1.57. The third kappa shape index (κ3) is 2.58. The standard InChI is InChI=1S/C5H11NO2/c1-3-6-5(8)4(2)7/h4,7H,3H2,1-2H3,(H,6,8)/t4-/m0/s1. The normalized spacial score (nSPS) is 12.9. The first-order valence-electron chi connectivity index (χ1n) is 2.64. The van der Waals surface area contributed by atoms with Gasteiger partial charge in [-0.15, -0.1) is 0 Å². The Labute approximate surface area is 48.7 Å². The lowest BCUT2D eigenvalue weighted by molar-refractivity contribution is -0.128. The SMILES string of the molecule is CCNC(=O)[C@H](C)O. The van der Waals surface area contributed by atoms with Crippen molar-refractivity contribution in [2.24, 2.45) is 0 Å². The maximum Gasteiger partial charge on any atom is 0.248 e. The average molecular weight is 117 g/mol. The molecule has 2 N–H and O–H groups in total. The van der Waals surface area contributed by atoms with Crippen molar-refractivity contribution in [3.05, 3.63) is 0 Å². The van der Waals surface area contributed by atoms with E-state index in [1.165, 1.54) is 6.92 Å². The molecular weight excluding hydrogens is 106 g/mol. The van der Waals surface area contributed by atoms with E-state index in [9.17, 15) is 4.79 Å². The van der Waals surface area contributed by atoms with E-state index in [0.29, 0.717) is 6.54 Å². The van der Waals surface area contributed by atoms with Gasteiger partial charge in [0.25, 0.3) is 0 Å². The summed E-state index contributed by atoms with van der Waals surface area (Å²) in [5.41, 5.74) is 0. The highest BCUT2D eigenvalue weighted by Crippen LogP contribution is 1.76. The van der Waals surface area contributed by atoms with E-state index in [4.69, 9.17) is 5.11 Å². The second kappa shape index (κ2) is 3.43. The molecule has 0 aliphatic carbocycles. The Kier molecular flexibility index (Phi) is 3.19. The molecule has 1 atom stereocenters. The quantitative estimate of drug-likeness (QED) is 0.512. The number of hydrogen-bond acceptors (Lipinski definition) is 2. The van der Waals surface area contributed by atoms with Gasteiger partial charge in [0.2, 0.25) is 5.91 Å². The van der Waals surface area contributed by atoms with Gasteiger partial charge in [-0.2, -0.15) is 0 Å². The van der Waals surface area contributed by atoms with Gasteiger partial charge in [0.05, 0.1) is 0 Å². The zero-order valence-corrected chi connectivity index (χ0v) is 5.14. The molecule has 0 aromatic heterocycles. The van der Waals surface area contributed by atoms with E-state index < -0.39 is 6.10 Å². The number of carbonyl (C=O) groups is 1. The smallest absolute Gasteiger partial charge is 0.248 e. The number of nitrogens with one attached hydrogen (secondary N) is 1. The van der Waals surface area contributed by atoms with Gasteiger partial charge in [-0.05, 0) is 13.8 Å². The summed E-state index contributed by atoms with van der Waals surface area (Å²) < 4.78 is 0. The molecule has 3 nitrogen and oxygen atoms in total. The predicted molar refractivity (Wildman–Crippen MR) is 30.4 cm³/mol. The first-order valence-corrected chi connectivity index (χ1v) is 2.64. The molecule has 0 heterocycles. The van der Waals surface area contributed by atoms with Crippen molar-refractivity contribution in [2.75, 3.05) is 6.54 Å². The molecule has 0 spiro atoms. The van der Waals surface area contributed by atoms with Crippen LogP contribution in [0.2, 0.25) is 0 Å². The Hall–Kier alpha value is -0.570. The van der Waals surface area contributed by atoms with Crippen molar-refractivity contribution < 1.29 is 9.90 Å². The van der Waals surface area contributed by atoms with E-state index in [-0.39, 0.29) is 5.91 Å². The minimum absolute atomic E-state index is 0.312. The van der Waals surface area contributed by atoms with E-state index in [0.717, 1.165) is 0 Å². The number of aliphatic hydroxyl groups excluding tert-OH is 1. The summed E-state index contributed by atoms with van der Waals surface area (Å²) in [6, 6.07) is 0. The molecule has 0 aromatic rings. The van der Waals surface area contributed by atoms with E-state index in [1.807, 2.05) is 0 Å². The number of likely N-dealkylation sites (N-methyl/N-ethyl adjacent to an activating group) is 1. The molecule has 0 aliphatic rings. The summed E-state index contributed by atoms with van der Waals surface area (Å²) in [5.74, 6) is -0.312. The van der Waals surface area contributed by atoms with Crippen LogP contribution in [0.15, 0.2) is 0 Å². The van der Waals surface area contributed by atoms with Gasteiger partial charge >= 0.3 is 0 Å². The monoisotopic (exact) mass is 117 g/mol. The summed E-state index contributed by atoms with van der Waals surface area (Å²) in [6.07, 6.45) is -0.880. The Morgan fingerprint density at radius 1 is 1.88 bits per heavy atom. The second-order valence-electron chi connectivity index (χ2n) is 1.57. The fourth-order valence-electron chi connectivity index (χ4n) is 0.322. The lowest BCUT2D eigenvalue weighted by atomic mass is 10.4. The molecule has 0 fully saturated rings. The number of aliphatic hydroxyl groups is 1. The van der Waals surface area contributed by atoms with Crippen molar-refractivity contribution >= 4 is 5.91 Å². The van der Waals surface area contributed by atoms with Crippen LogP contribution in [0.3, 0.4) is 0 Å². The van der Waals surface area contributed by atoms with Gasteiger partial charge in [0, 0.05) is 6.54 Å². The fourth-order valence-corrected chi connectivity index (χ4v) is 0.322. The van der Waals surface area contributed by atoms with Gasteiger partial charge in [-0.1, -0.05) is 0 Å². The van der Waals surface area contributed by atoms with Crippen molar-refractivity contribution in [1.82, 2.24) is 5.32 Å². The van der Waals surface area contributed by atoms with Crippen LogP contribution in [0, 0.1) is 0 Å². The van der Waals surface area contributed by atoms with E-state index in [1.54, 1.807) is 6.92 Å². The third-order valence-corrected chi connectivity index (χ3v) is 0.730. The van der Waals surface area contributed by atoms with Gasteiger partial charge in [-0.3, -0.25) is 4.79 Å². The lowest BCUT2D eigenvalue weighted by Crippen LogP contribution is -2.31. The van der Waals surface area contributed by atoms with Gasteiger partial charge < -0.3 is 10.4 Å². The fraction of sp³-hybridized carbons (Fsp3) is 0.800. The van der Waals surface area contributed by atoms with Crippen LogP contribution in [0.5, 0.6) is 0 Å². The molecule has 8 heavy (non-hydrogen) atoms. The number of carbonyl (C=O) groups excluding carboxylic acids is 1. The minimum atomic E-state index is -0.880. The zero-order chi connectivity index (χ0) is 6.57. The zero-order valence-electron chi connectivity index (χ0n) is 5.14. The number of hydrogen-bond donors (Lipinski definition) is 2. The largest absolute Gasteiger partial charge is 0.384 e. The maximum absolute atomic E-state index is 10.4. The Bertz CT molecular complexity index is 80.5. The highest BCUT2D eigenvalue weighted by molar-refractivity contribution is 5.79. The Morgan fingerprint density at radius 2 is 2.38 bits per heavy atom. The molecule has 0 rings (SSSR count). The van der Waals surface area contributed by atoms with Crippen molar-refractivity contribution in [1.29, 1.82) is 0 Å². The van der Waals surface area contributed by atoms with Crippen LogP contribution in [0.1, 0.15) is 13.8 Å². The van der Waals surface area contributed by atoms with Crippen molar-refractivity contribution in [3.8, 4) is 0 Å². The minimum Gasteiger partial charge on any atom is -0.384 e. The molecule has 0 unspecified atom stereocenters. The summed E-state index contributed by atoms with van der Waals surface area (Å²) in [5, 5.41) is 11.0. The first-order chi connectivity index (χ1) is 3.68. The van der Waals surface area contributed by atoms with Crippen molar-refractivity contribution in [2.45, 2.75) is 20.0 Å². The Balaban J connectivity index is 3.33. The average Bonchev–Trinajstić information content (AvgIpc) is 1.67. The van der Waals surface area contributed by atoms with Crippen molar-refractivity contribution in [3.63, 3.8) is 0 Å². The van der Waals surface area contributed by atoms with Crippen LogP contribution in [-0.2, 0) is 4.79 Å². The maximum atomic E-state index is 10.4. The highest BCUT2D eigenvalue weighted by Gasteiger charge is 2.04. The van der Waals surface area contributed by atoms with E-state index >= 15 is 0 Å². The molecule has 0 saturated heterocycles. The summed E-state index contributed by atoms with van der Waals surface area (Å²) in [6.45, 7) is 3.81. The topological polar surface area (TPSA) is 49.3 Å². The molecule has 0 saturated carbocycles. The molecule has 3 heteroatoms. The molecule has 0 aliphatic heterocycles. The van der Waals surface area contributed by atoms with Crippen LogP contribution in [-0.4, -0.2) is 23.7 Å². The molecule has 1 amide bonds. The first kappa shape index (κ1) is 7.43. The van der Waals surface area contributed by atoms with Crippen LogP contribution in [0.25, 0.3) is 0 Å². The molecule has 0 aromatic carbocycles. The summed E-state index contributed by atoms with van der Waals surface area (Å²) in [4.78, 5) is 10.4. The molecule has 48 valence electrons. The molecule has 0 bridgehead atoms. The molecular formula is C5H11NO2. The van der Waals surface area contributed by atoms with Crippen LogP contribution in [0.4, 0.5) is 0 Å². The van der Waals surface area contributed by atoms with Crippen LogP contribution >= 0.6 is 0 Å². The predicted octanol–water partition coefficient (Wildman–Crippen LogP) is -0.497. The Morgan fingerprint density at radius 3 is 2.50 bits per heavy atom. The van der Waals surface area contributed by atoms with Crippen LogP contribution < -0.4 is 5.32 Å². The van der Waals surface area contributed by atoms with Gasteiger partial charge in [0.1, 0.15) is 6.10 Å². The third-order valence-electron chi connectivity index (χ3n) is 0.730. The summed E-state index contributed by atoms with van der Waals surface area (Å²) >= 11 is 0. The summed E-state index contributed by atoms with van der Waals surface area (Å²) in [7, 11) is 0. The lowest BCUT2D eigenvalue weighted by Gasteiger charge is -2.01. The van der Waals surface area contributed by atoms with E-state index in [2.05, 4.69) is 5.32 Å². The van der Waals surface area contributed by atoms with Gasteiger partial charge in [0.15, 0.2) is 0 Å². The number of rotatable bonds is 2.